The second kappa shape index (κ2) is 6.57. The van der Waals surface area contributed by atoms with Gasteiger partial charge in [-0.05, 0) is 32.0 Å². The van der Waals surface area contributed by atoms with E-state index in [-0.39, 0.29) is 6.04 Å². The van der Waals surface area contributed by atoms with Crippen LogP contribution >= 0.6 is 15.9 Å². The predicted octanol–water partition coefficient (Wildman–Crippen LogP) is 3.26. The first-order valence-electron chi connectivity index (χ1n) is 5.22. The highest BCUT2D eigenvalue weighted by molar-refractivity contribution is 9.10. The minimum absolute atomic E-state index is 0.0373. The van der Waals surface area contributed by atoms with Crippen LogP contribution in [0.5, 0.6) is 5.75 Å². The SMILES string of the molecule is CC#CCCOc1ccc(Br)cc1[C@H](C)N. The van der Waals surface area contributed by atoms with Crippen molar-refractivity contribution in [2.45, 2.75) is 26.3 Å². The second-order valence-corrected chi connectivity index (χ2v) is 4.41. The van der Waals surface area contributed by atoms with Crippen LogP contribution < -0.4 is 10.5 Å². The number of nitrogens with two attached hydrogens (primary N) is 1. The Hall–Kier alpha value is -0.980. The van der Waals surface area contributed by atoms with Gasteiger partial charge in [-0.15, -0.1) is 11.8 Å². The van der Waals surface area contributed by atoms with Crippen LogP contribution in [-0.4, -0.2) is 6.61 Å². The van der Waals surface area contributed by atoms with Crippen LogP contribution in [0.2, 0.25) is 0 Å². The Morgan fingerprint density at radius 1 is 1.50 bits per heavy atom. The van der Waals surface area contributed by atoms with Crippen molar-refractivity contribution in [3.8, 4) is 17.6 Å². The molecule has 0 unspecified atom stereocenters. The fourth-order valence-corrected chi connectivity index (χ4v) is 1.72. The van der Waals surface area contributed by atoms with Gasteiger partial charge < -0.3 is 10.5 Å². The molecule has 0 spiro atoms. The number of rotatable bonds is 4. The maximum Gasteiger partial charge on any atom is 0.124 e. The van der Waals surface area contributed by atoms with Gasteiger partial charge in [0.25, 0.3) is 0 Å². The van der Waals surface area contributed by atoms with Crippen molar-refractivity contribution in [1.29, 1.82) is 0 Å². The minimum atomic E-state index is -0.0373. The molecule has 0 aromatic heterocycles. The molecule has 0 heterocycles. The summed E-state index contributed by atoms with van der Waals surface area (Å²) in [5, 5.41) is 0. The van der Waals surface area contributed by atoms with E-state index in [4.69, 9.17) is 10.5 Å². The van der Waals surface area contributed by atoms with Crippen molar-refractivity contribution >= 4 is 15.9 Å². The third kappa shape index (κ3) is 3.88. The van der Waals surface area contributed by atoms with Gasteiger partial charge in [0.15, 0.2) is 0 Å². The summed E-state index contributed by atoms with van der Waals surface area (Å²) in [6, 6.07) is 5.84. The fourth-order valence-electron chi connectivity index (χ4n) is 1.34. The highest BCUT2D eigenvalue weighted by Crippen LogP contribution is 2.27. The van der Waals surface area contributed by atoms with Crippen molar-refractivity contribution in [2.75, 3.05) is 6.61 Å². The molecular weight excluding hydrogens is 266 g/mol. The molecule has 0 aliphatic rings. The van der Waals surface area contributed by atoms with Crippen molar-refractivity contribution < 1.29 is 4.74 Å². The molecule has 0 aliphatic heterocycles. The molecule has 1 aromatic carbocycles. The molecule has 0 amide bonds. The number of halogens is 1. The zero-order valence-electron chi connectivity index (χ0n) is 9.59. The van der Waals surface area contributed by atoms with Crippen LogP contribution in [0.3, 0.4) is 0 Å². The summed E-state index contributed by atoms with van der Waals surface area (Å²) in [6.07, 6.45) is 0.741. The Bertz CT molecular complexity index is 404. The maximum atomic E-state index is 5.89. The molecule has 2 N–H and O–H groups in total. The fraction of sp³-hybridized carbons (Fsp3) is 0.385. The zero-order chi connectivity index (χ0) is 12.0. The normalized spacial score (nSPS) is 11.5. The molecule has 0 fully saturated rings. The average Bonchev–Trinajstić information content (AvgIpc) is 2.26. The van der Waals surface area contributed by atoms with E-state index in [0.717, 1.165) is 22.2 Å². The molecule has 3 heteroatoms. The van der Waals surface area contributed by atoms with E-state index in [2.05, 4.69) is 27.8 Å². The van der Waals surface area contributed by atoms with E-state index in [1.807, 2.05) is 32.0 Å². The molecule has 0 bridgehead atoms. The Kier molecular flexibility index (Phi) is 5.37. The zero-order valence-corrected chi connectivity index (χ0v) is 11.2. The number of ether oxygens (including phenoxy) is 1. The van der Waals surface area contributed by atoms with Gasteiger partial charge in [0.2, 0.25) is 0 Å². The molecule has 0 radical (unpaired) electrons. The summed E-state index contributed by atoms with van der Waals surface area (Å²) in [5.41, 5.74) is 6.90. The van der Waals surface area contributed by atoms with E-state index in [1.54, 1.807) is 0 Å². The topological polar surface area (TPSA) is 35.2 Å². The lowest BCUT2D eigenvalue weighted by Crippen LogP contribution is -2.08. The van der Waals surface area contributed by atoms with Gasteiger partial charge in [0.1, 0.15) is 5.75 Å². The third-order valence-corrected chi connectivity index (χ3v) is 2.62. The maximum absolute atomic E-state index is 5.89. The molecule has 86 valence electrons. The van der Waals surface area contributed by atoms with Gasteiger partial charge >= 0.3 is 0 Å². The van der Waals surface area contributed by atoms with Crippen LogP contribution in [0.15, 0.2) is 22.7 Å². The Labute approximate surface area is 105 Å². The number of hydrogen-bond donors (Lipinski definition) is 1. The van der Waals surface area contributed by atoms with E-state index < -0.39 is 0 Å². The van der Waals surface area contributed by atoms with Crippen LogP contribution in [0.4, 0.5) is 0 Å². The van der Waals surface area contributed by atoms with Crippen molar-refractivity contribution in [2.24, 2.45) is 5.73 Å². The highest BCUT2D eigenvalue weighted by Gasteiger charge is 2.08. The van der Waals surface area contributed by atoms with Crippen molar-refractivity contribution in [3.63, 3.8) is 0 Å². The van der Waals surface area contributed by atoms with Crippen LogP contribution in [0, 0.1) is 11.8 Å². The monoisotopic (exact) mass is 281 g/mol. The molecule has 1 atom stereocenters. The van der Waals surface area contributed by atoms with Crippen LogP contribution in [-0.2, 0) is 0 Å². The van der Waals surface area contributed by atoms with Crippen molar-refractivity contribution in [1.82, 2.24) is 0 Å². The lowest BCUT2D eigenvalue weighted by atomic mass is 10.1. The van der Waals surface area contributed by atoms with Gasteiger partial charge in [-0.1, -0.05) is 15.9 Å². The molecule has 0 saturated carbocycles. The molecule has 16 heavy (non-hydrogen) atoms. The first-order valence-corrected chi connectivity index (χ1v) is 6.02. The van der Waals surface area contributed by atoms with Crippen LogP contribution in [0.25, 0.3) is 0 Å². The van der Waals surface area contributed by atoms with E-state index in [9.17, 15) is 0 Å². The summed E-state index contributed by atoms with van der Waals surface area (Å²) >= 11 is 3.42. The Morgan fingerprint density at radius 3 is 2.88 bits per heavy atom. The van der Waals surface area contributed by atoms with Gasteiger partial charge in [0, 0.05) is 22.5 Å². The van der Waals surface area contributed by atoms with E-state index in [0.29, 0.717) is 6.61 Å². The summed E-state index contributed by atoms with van der Waals surface area (Å²) in [7, 11) is 0. The quantitative estimate of drug-likeness (QED) is 0.679. The molecule has 0 saturated heterocycles. The lowest BCUT2D eigenvalue weighted by Gasteiger charge is -2.13. The van der Waals surface area contributed by atoms with Gasteiger partial charge in [-0.2, -0.15) is 0 Å². The minimum Gasteiger partial charge on any atom is -0.492 e. The summed E-state index contributed by atoms with van der Waals surface area (Å²) in [6.45, 7) is 4.37. The summed E-state index contributed by atoms with van der Waals surface area (Å²) < 4.78 is 6.67. The smallest absolute Gasteiger partial charge is 0.124 e. The standard InChI is InChI=1S/C13H16BrNO/c1-3-4-5-8-16-13-7-6-11(14)9-12(13)10(2)15/h6-7,9-10H,5,8,15H2,1-2H3/t10-/m0/s1. The Morgan fingerprint density at radius 2 is 2.25 bits per heavy atom. The van der Waals surface area contributed by atoms with Crippen molar-refractivity contribution in [3.05, 3.63) is 28.2 Å². The van der Waals surface area contributed by atoms with Gasteiger partial charge in [0.05, 0.1) is 6.61 Å². The highest BCUT2D eigenvalue weighted by atomic mass is 79.9. The first kappa shape index (κ1) is 13.1. The first-order chi connectivity index (χ1) is 7.65. The lowest BCUT2D eigenvalue weighted by molar-refractivity contribution is 0.322. The third-order valence-electron chi connectivity index (χ3n) is 2.12. The average molecular weight is 282 g/mol. The molecule has 0 aliphatic carbocycles. The molecule has 2 nitrogen and oxygen atoms in total. The molecule has 1 aromatic rings. The molecule has 1 rings (SSSR count). The van der Waals surface area contributed by atoms with E-state index in [1.165, 1.54) is 0 Å². The Balaban J connectivity index is 2.73. The number of benzene rings is 1. The number of hydrogen-bond acceptors (Lipinski definition) is 2. The van der Waals surface area contributed by atoms with E-state index >= 15 is 0 Å². The molecular formula is C13H16BrNO. The summed E-state index contributed by atoms with van der Waals surface area (Å²) in [5.74, 6) is 6.64. The predicted molar refractivity (Wildman–Crippen MR) is 70.3 cm³/mol. The largest absolute Gasteiger partial charge is 0.492 e. The summed E-state index contributed by atoms with van der Waals surface area (Å²) in [4.78, 5) is 0. The second-order valence-electron chi connectivity index (χ2n) is 3.50. The van der Waals surface area contributed by atoms with Crippen LogP contribution in [0.1, 0.15) is 31.9 Å². The van der Waals surface area contributed by atoms with Gasteiger partial charge in [-0.25, -0.2) is 0 Å². The van der Waals surface area contributed by atoms with Gasteiger partial charge in [-0.3, -0.25) is 0 Å².